The Labute approximate surface area is 80.5 Å². The topological polar surface area (TPSA) is 42.6 Å². The molecule has 0 bridgehead atoms. The van der Waals surface area contributed by atoms with Gasteiger partial charge in [-0.2, -0.15) is 4.40 Å². The standard InChI is InChI=1S/C9H13NO2S/c1-9(2,3)13(11)10-7-8-5-4-6-12-8/h4-7H,1-3H3/t13-/m0/s1. The third kappa shape index (κ3) is 3.14. The van der Waals surface area contributed by atoms with Crippen LogP contribution in [0.1, 0.15) is 26.5 Å². The molecule has 0 aromatic carbocycles. The molecule has 1 atom stereocenters. The molecule has 0 unspecified atom stereocenters. The molecule has 1 heterocycles. The lowest BCUT2D eigenvalue weighted by Gasteiger charge is -2.12. The van der Waals surface area contributed by atoms with Crippen molar-refractivity contribution in [3.8, 4) is 0 Å². The second-order valence-corrected chi connectivity index (χ2v) is 5.55. The average molecular weight is 199 g/mol. The van der Waals surface area contributed by atoms with E-state index in [-0.39, 0.29) is 4.75 Å². The zero-order valence-corrected chi connectivity index (χ0v) is 8.80. The zero-order chi connectivity index (χ0) is 9.90. The summed E-state index contributed by atoms with van der Waals surface area (Å²) in [6.07, 6.45) is 3.04. The van der Waals surface area contributed by atoms with Gasteiger partial charge in [0.15, 0.2) is 0 Å². The molecule has 0 aliphatic carbocycles. The monoisotopic (exact) mass is 199 g/mol. The van der Waals surface area contributed by atoms with Crippen molar-refractivity contribution in [2.45, 2.75) is 25.5 Å². The fraction of sp³-hybridized carbons (Fsp3) is 0.444. The Morgan fingerprint density at radius 2 is 2.23 bits per heavy atom. The Balaban J connectivity index is 2.65. The summed E-state index contributed by atoms with van der Waals surface area (Å²) in [6.45, 7) is 5.63. The lowest BCUT2D eigenvalue weighted by Crippen LogP contribution is -2.19. The molecule has 0 amide bonds. The van der Waals surface area contributed by atoms with Gasteiger partial charge in [-0.05, 0) is 32.9 Å². The predicted octanol–water partition coefficient (Wildman–Crippen LogP) is 2.16. The number of rotatable bonds is 2. The van der Waals surface area contributed by atoms with Gasteiger partial charge in [0.2, 0.25) is 0 Å². The molecule has 1 aromatic heterocycles. The van der Waals surface area contributed by atoms with E-state index >= 15 is 0 Å². The van der Waals surface area contributed by atoms with E-state index in [0.29, 0.717) is 5.76 Å². The normalized spacial score (nSPS) is 15.0. The summed E-state index contributed by atoms with van der Waals surface area (Å²) in [5, 5.41) is 0. The first kappa shape index (κ1) is 10.2. The summed E-state index contributed by atoms with van der Waals surface area (Å²) in [6, 6.07) is 3.53. The van der Waals surface area contributed by atoms with Crippen LogP contribution in [0.15, 0.2) is 27.2 Å². The van der Waals surface area contributed by atoms with Crippen molar-refractivity contribution in [3.63, 3.8) is 0 Å². The molecule has 0 aliphatic heterocycles. The second-order valence-electron chi connectivity index (χ2n) is 3.61. The molecule has 4 heteroatoms. The first-order valence-electron chi connectivity index (χ1n) is 4.00. The van der Waals surface area contributed by atoms with E-state index in [9.17, 15) is 4.21 Å². The number of nitrogens with zero attached hydrogens (tertiary/aromatic N) is 1. The Bertz CT molecular complexity index is 309. The van der Waals surface area contributed by atoms with E-state index in [2.05, 4.69) is 4.40 Å². The van der Waals surface area contributed by atoms with E-state index in [1.165, 1.54) is 6.21 Å². The predicted molar refractivity (Wildman–Crippen MR) is 54.2 cm³/mol. The first-order valence-corrected chi connectivity index (χ1v) is 5.10. The second kappa shape index (κ2) is 3.87. The molecule has 3 nitrogen and oxygen atoms in total. The van der Waals surface area contributed by atoms with E-state index in [1.807, 2.05) is 20.8 Å². The van der Waals surface area contributed by atoms with Gasteiger partial charge in [-0.25, -0.2) is 4.21 Å². The van der Waals surface area contributed by atoms with Crippen LogP contribution in [0.2, 0.25) is 0 Å². The molecule has 0 N–H and O–H groups in total. The van der Waals surface area contributed by atoms with Crippen molar-refractivity contribution < 1.29 is 8.63 Å². The minimum absolute atomic E-state index is 0.316. The van der Waals surface area contributed by atoms with E-state index in [1.54, 1.807) is 18.4 Å². The molecule has 0 spiro atoms. The molecule has 0 saturated carbocycles. The van der Waals surface area contributed by atoms with Crippen molar-refractivity contribution in [3.05, 3.63) is 24.2 Å². The maximum Gasteiger partial charge on any atom is 0.145 e. The fourth-order valence-corrected chi connectivity index (χ4v) is 1.14. The van der Waals surface area contributed by atoms with Crippen LogP contribution in [0.25, 0.3) is 0 Å². The highest BCUT2D eigenvalue weighted by Crippen LogP contribution is 2.12. The maximum atomic E-state index is 11.4. The molecule has 0 radical (unpaired) electrons. The average Bonchev–Trinajstić information content (AvgIpc) is 2.50. The number of furan rings is 1. The van der Waals surface area contributed by atoms with Gasteiger partial charge in [0.05, 0.1) is 17.2 Å². The molecule has 13 heavy (non-hydrogen) atoms. The van der Waals surface area contributed by atoms with Gasteiger partial charge in [0.25, 0.3) is 0 Å². The molecule has 1 aromatic rings. The Morgan fingerprint density at radius 1 is 1.54 bits per heavy atom. The third-order valence-electron chi connectivity index (χ3n) is 1.34. The Morgan fingerprint density at radius 3 is 2.69 bits per heavy atom. The summed E-state index contributed by atoms with van der Waals surface area (Å²) < 4.78 is 20.0. The van der Waals surface area contributed by atoms with E-state index in [0.717, 1.165) is 0 Å². The highest BCUT2D eigenvalue weighted by molar-refractivity contribution is 7.85. The van der Waals surface area contributed by atoms with Crippen molar-refractivity contribution in [2.75, 3.05) is 0 Å². The molecule has 72 valence electrons. The maximum absolute atomic E-state index is 11.4. The van der Waals surface area contributed by atoms with Crippen LogP contribution in [-0.2, 0) is 11.0 Å². The number of hydrogen-bond donors (Lipinski definition) is 0. The van der Waals surface area contributed by atoms with Crippen LogP contribution in [0.5, 0.6) is 0 Å². The van der Waals surface area contributed by atoms with Crippen LogP contribution in [-0.4, -0.2) is 15.2 Å². The fourth-order valence-electron chi connectivity index (χ4n) is 0.623. The summed E-state index contributed by atoms with van der Waals surface area (Å²) in [4.78, 5) is 0. The summed E-state index contributed by atoms with van der Waals surface area (Å²) >= 11 is 0. The third-order valence-corrected chi connectivity index (χ3v) is 2.69. The summed E-state index contributed by atoms with van der Waals surface area (Å²) in [5.41, 5.74) is 0. The lowest BCUT2D eigenvalue weighted by atomic mass is 10.3. The van der Waals surface area contributed by atoms with Crippen LogP contribution in [0, 0.1) is 0 Å². The van der Waals surface area contributed by atoms with Crippen molar-refractivity contribution in [1.82, 2.24) is 0 Å². The Kier molecular flexibility index (Phi) is 3.03. The van der Waals surface area contributed by atoms with Crippen molar-refractivity contribution in [1.29, 1.82) is 0 Å². The van der Waals surface area contributed by atoms with Gasteiger partial charge in [-0.3, -0.25) is 0 Å². The van der Waals surface area contributed by atoms with Crippen molar-refractivity contribution in [2.24, 2.45) is 4.40 Å². The van der Waals surface area contributed by atoms with Gasteiger partial charge in [-0.1, -0.05) is 0 Å². The van der Waals surface area contributed by atoms with Crippen LogP contribution in [0.4, 0.5) is 0 Å². The largest absolute Gasteiger partial charge is 0.463 e. The van der Waals surface area contributed by atoms with E-state index < -0.39 is 11.0 Å². The zero-order valence-electron chi connectivity index (χ0n) is 7.98. The van der Waals surface area contributed by atoms with Gasteiger partial charge in [0, 0.05) is 0 Å². The molecular formula is C9H13NO2S. The van der Waals surface area contributed by atoms with Gasteiger partial charge < -0.3 is 4.42 Å². The molecule has 1 rings (SSSR count). The molecule has 0 aliphatic rings. The lowest BCUT2D eigenvalue weighted by molar-refractivity contribution is 0.560. The highest BCUT2D eigenvalue weighted by atomic mass is 32.2. The SMILES string of the molecule is CC(C)(C)[S@](=O)N=Cc1ccco1. The summed E-state index contributed by atoms with van der Waals surface area (Å²) in [7, 11) is -1.21. The van der Waals surface area contributed by atoms with Gasteiger partial charge in [0.1, 0.15) is 16.7 Å². The Hall–Kier alpha value is -0.900. The molecule has 0 fully saturated rings. The quantitative estimate of drug-likeness (QED) is 0.685. The molecule has 0 saturated heterocycles. The minimum atomic E-state index is -1.21. The van der Waals surface area contributed by atoms with Crippen LogP contribution < -0.4 is 0 Å². The minimum Gasteiger partial charge on any atom is -0.463 e. The highest BCUT2D eigenvalue weighted by Gasteiger charge is 2.18. The van der Waals surface area contributed by atoms with Crippen molar-refractivity contribution >= 4 is 17.2 Å². The van der Waals surface area contributed by atoms with E-state index in [4.69, 9.17) is 4.42 Å². The van der Waals surface area contributed by atoms with Gasteiger partial charge >= 0.3 is 0 Å². The number of hydrogen-bond acceptors (Lipinski definition) is 2. The summed E-state index contributed by atoms with van der Waals surface area (Å²) in [5.74, 6) is 0.623. The van der Waals surface area contributed by atoms with Gasteiger partial charge in [-0.15, -0.1) is 0 Å². The van der Waals surface area contributed by atoms with Crippen LogP contribution in [0.3, 0.4) is 0 Å². The molecular weight excluding hydrogens is 186 g/mol. The van der Waals surface area contributed by atoms with Crippen LogP contribution >= 0.6 is 0 Å². The first-order chi connectivity index (χ1) is 6.00. The smallest absolute Gasteiger partial charge is 0.145 e.